The Morgan fingerprint density at radius 2 is 2.04 bits per heavy atom. The van der Waals surface area contributed by atoms with E-state index in [1.54, 1.807) is 0 Å². The van der Waals surface area contributed by atoms with Crippen LogP contribution in [-0.2, 0) is 4.79 Å². The van der Waals surface area contributed by atoms with Crippen LogP contribution in [-0.4, -0.2) is 35.0 Å². The van der Waals surface area contributed by atoms with E-state index in [0.717, 1.165) is 49.3 Å². The van der Waals surface area contributed by atoms with Gasteiger partial charge in [0, 0.05) is 19.1 Å². The number of hydrogen-bond acceptors (Lipinski definition) is 3. The zero-order valence-electron chi connectivity index (χ0n) is 15.0. The molecule has 2 fully saturated rings. The predicted molar refractivity (Wildman–Crippen MR) is 101 cm³/mol. The molecule has 1 aliphatic carbocycles. The Morgan fingerprint density at radius 3 is 2.88 bits per heavy atom. The molecule has 0 bridgehead atoms. The molecule has 0 spiro atoms. The van der Waals surface area contributed by atoms with Gasteiger partial charge in [0.2, 0.25) is 11.9 Å². The fourth-order valence-corrected chi connectivity index (χ4v) is 4.30. The van der Waals surface area contributed by atoms with Crippen LogP contribution in [0.5, 0.6) is 0 Å². The van der Waals surface area contributed by atoms with Crippen LogP contribution in [0.1, 0.15) is 45.4 Å². The number of piperidine rings is 1. The maximum absolute atomic E-state index is 12.8. The lowest BCUT2D eigenvalue weighted by Crippen LogP contribution is -2.48. The minimum absolute atomic E-state index is 0.0658. The average Bonchev–Trinajstić information content (AvgIpc) is 3.08. The first kappa shape index (κ1) is 16.4. The molecule has 1 aliphatic heterocycles. The van der Waals surface area contributed by atoms with Gasteiger partial charge in [-0.2, -0.15) is 0 Å². The number of imidazole rings is 1. The summed E-state index contributed by atoms with van der Waals surface area (Å²) in [7, 11) is 0. The summed E-state index contributed by atoms with van der Waals surface area (Å²) in [4.78, 5) is 23.1. The summed E-state index contributed by atoms with van der Waals surface area (Å²) < 4.78 is 0. The maximum atomic E-state index is 12.8. The van der Waals surface area contributed by atoms with Crippen molar-refractivity contribution in [2.45, 2.75) is 51.5 Å². The second-order valence-electron chi connectivity index (χ2n) is 7.74. The third kappa shape index (κ3) is 3.51. The SMILES string of the molecule is CC1CCCCC1NC(=O)C1CCCN(c2nc3ccccc3[nH]2)C1. The van der Waals surface area contributed by atoms with Crippen LogP contribution in [0.25, 0.3) is 11.0 Å². The van der Waals surface area contributed by atoms with E-state index in [1.807, 2.05) is 24.3 Å². The number of carbonyl (C=O) groups excluding carboxylic acids is 1. The molecule has 5 nitrogen and oxygen atoms in total. The van der Waals surface area contributed by atoms with Crippen LogP contribution in [0, 0.1) is 11.8 Å². The molecule has 1 aromatic carbocycles. The van der Waals surface area contributed by atoms with Crippen LogP contribution in [0.4, 0.5) is 5.95 Å². The van der Waals surface area contributed by atoms with Crippen molar-refractivity contribution in [2.24, 2.45) is 11.8 Å². The minimum atomic E-state index is 0.0658. The molecule has 1 amide bonds. The second-order valence-corrected chi connectivity index (χ2v) is 7.74. The van der Waals surface area contributed by atoms with Crippen LogP contribution >= 0.6 is 0 Å². The Balaban J connectivity index is 1.42. The molecule has 1 saturated heterocycles. The number of amides is 1. The molecular formula is C20H28N4O. The highest BCUT2D eigenvalue weighted by atomic mass is 16.2. The fourth-order valence-electron chi connectivity index (χ4n) is 4.30. The Morgan fingerprint density at radius 1 is 1.20 bits per heavy atom. The summed E-state index contributed by atoms with van der Waals surface area (Å²) in [5, 5.41) is 3.34. The predicted octanol–water partition coefficient (Wildman–Crippen LogP) is 3.47. The van der Waals surface area contributed by atoms with Crippen molar-refractivity contribution in [3.63, 3.8) is 0 Å². The molecule has 1 aromatic heterocycles. The topological polar surface area (TPSA) is 61.0 Å². The lowest BCUT2D eigenvalue weighted by Gasteiger charge is -2.35. The van der Waals surface area contributed by atoms with Crippen LogP contribution in [0.2, 0.25) is 0 Å². The highest BCUT2D eigenvalue weighted by Gasteiger charge is 2.30. The highest BCUT2D eigenvalue weighted by molar-refractivity contribution is 5.80. The number of rotatable bonds is 3. The molecule has 2 aromatic rings. The summed E-state index contributed by atoms with van der Waals surface area (Å²) in [5.74, 6) is 1.80. The summed E-state index contributed by atoms with van der Waals surface area (Å²) in [6.45, 7) is 3.99. The van der Waals surface area contributed by atoms with Crippen molar-refractivity contribution in [1.82, 2.24) is 15.3 Å². The van der Waals surface area contributed by atoms with Gasteiger partial charge in [0.15, 0.2) is 0 Å². The van der Waals surface area contributed by atoms with E-state index in [0.29, 0.717) is 12.0 Å². The van der Waals surface area contributed by atoms with Gasteiger partial charge < -0.3 is 15.2 Å². The van der Waals surface area contributed by atoms with Gasteiger partial charge in [-0.3, -0.25) is 4.79 Å². The lowest BCUT2D eigenvalue weighted by atomic mass is 9.85. The van der Waals surface area contributed by atoms with E-state index < -0.39 is 0 Å². The normalized spacial score (nSPS) is 27.4. The van der Waals surface area contributed by atoms with E-state index in [-0.39, 0.29) is 11.8 Å². The van der Waals surface area contributed by atoms with Crippen molar-refractivity contribution in [2.75, 3.05) is 18.0 Å². The van der Waals surface area contributed by atoms with E-state index in [4.69, 9.17) is 4.98 Å². The molecule has 3 unspecified atom stereocenters. The molecule has 1 saturated carbocycles. The van der Waals surface area contributed by atoms with Crippen LogP contribution < -0.4 is 10.2 Å². The summed E-state index contributed by atoms with van der Waals surface area (Å²) in [6, 6.07) is 8.45. The Kier molecular flexibility index (Phi) is 4.64. The van der Waals surface area contributed by atoms with E-state index in [9.17, 15) is 4.79 Å². The van der Waals surface area contributed by atoms with Crippen molar-refractivity contribution < 1.29 is 4.79 Å². The number of fused-ring (bicyclic) bond motifs is 1. The number of aromatic nitrogens is 2. The molecule has 25 heavy (non-hydrogen) atoms. The van der Waals surface area contributed by atoms with Crippen LogP contribution in [0.3, 0.4) is 0 Å². The molecule has 4 rings (SSSR count). The number of nitrogens with one attached hydrogen (secondary N) is 2. The third-order valence-corrected chi connectivity index (χ3v) is 5.91. The summed E-state index contributed by atoms with van der Waals surface area (Å²) >= 11 is 0. The number of anilines is 1. The number of benzene rings is 1. The molecule has 5 heteroatoms. The van der Waals surface area contributed by atoms with Gasteiger partial charge >= 0.3 is 0 Å². The Hall–Kier alpha value is -2.04. The van der Waals surface area contributed by atoms with Crippen molar-refractivity contribution in [3.05, 3.63) is 24.3 Å². The van der Waals surface area contributed by atoms with E-state index in [2.05, 4.69) is 22.1 Å². The molecule has 2 heterocycles. The van der Waals surface area contributed by atoms with Gasteiger partial charge in [-0.25, -0.2) is 4.98 Å². The number of nitrogens with zero attached hydrogens (tertiary/aromatic N) is 2. The highest BCUT2D eigenvalue weighted by Crippen LogP contribution is 2.26. The number of hydrogen-bond donors (Lipinski definition) is 2. The molecule has 3 atom stereocenters. The first-order valence-electron chi connectivity index (χ1n) is 9.71. The van der Waals surface area contributed by atoms with Gasteiger partial charge in [-0.1, -0.05) is 31.9 Å². The Bertz CT molecular complexity index is 707. The molecular weight excluding hydrogens is 312 g/mol. The number of para-hydroxylation sites is 2. The van der Waals surface area contributed by atoms with E-state index in [1.165, 1.54) is 19.3 Å². The smallest absolute Gasteiger partial charge is 0.225 e. The summed E-state index contributed by atoms with van der Waals surface area (Å²) in [5.41, 5.74) is 2.04. The zero-order valence-corrected chi connectivity index (χ0v) is 15.0. The number of H-pyrrole nitrogens is 1. The first-order valence-corrected chi connectivity index (χ1v) is 9.71. The minimum Gasteiger partial charge on any atom is -0.353 e. The zero-order chi connectivity index (χ0) is 17.2. The van der Waals surface area contributed by atoms with Crippen molar-refractivity contribution in [3.8, 4) is 0 Å². The fraction of sp³-hybridized carbons (Fsp3) is 0.600. The molecule has 2 aliphatic rings. The van der Waals surface area contributed by atoms with Crippen molar-refractivity contribution in [1.29, 1.82) is 0 Å². The van der Waals surface area contributed by atoms with E-state index >= 15 is 0 Å². The molecule has 0 radical (unpaired) electrons. The number of carbonyl (C=O) groups is 1. The van der Waals surface area contributed by atoms with Gasteiger partial charge in [-0.15, -0.1) is 0 Å². The monoisotopic (exact) mass is 340 g/mol. The van der Waals surface area contributed by atoms with Crippen LogP contribution in [0.15, 0.2) is 24.3 Å². The molecule has 2 N–H and O–H groups in total. The average molecular weight is 340 g/mol. The quantitative estimate of drug-likeness (QED) is 0.899. The maximum Gasteiger partial charge on any atom is 0.225 e. The standard InChI is InChI=1S/C20H28N4O/c1-14-7-2-3-9-16(14)21-19(25)15-8-6-12-24(13-15)20-22-17-10-4-5-11-18(17)23-20/h4-5,10-11,14-16H,2-3,6-9,12-13H2,1H3,(H,21,25)(H,22,23). The van der Waals surface area contributed by atoms with Gasteiger partial charge in [0.1, 0.15) is 0 Å². The van der Waals surface area contributed by atoms with Gasteiger partial charge in [-0.05, 0) is 43.7 Å². The summed E-state index contributed by atoms with van der Waals surface area (Å²) in [6.07, 6.45) is 6.93. The third-order valence-electron chi connectivity index (χ3n) is 5.91. The first-order chi connectivity index (χ1) is 12.2. The molecule has 134 valence electrons. The van der Waals surface area contributed by atoms with Gasteiger partial charge in [0.05, 0.1) is 17.0 Å². The number of aromatic amines is 1. The largest absolute Gasteiger partial charge is 0.353 e. The Labute approximate surface area is 149 Å². The van der Waals surface area contributed by atoms with Gasteiger partial charge in [0.25, 0.3) is 0 Å². The second kappa shape index (κ2) is 7.06. The van der Waals surface area contributed by atoms with Crippen molar-refractivity contribution >= 4 is 22.9 Å². The lowest BCUT2D eigenvalue weighted by molar-refractivity contribution is -0.126.